The molecule has 12 nitrogen and oxygen atoms in total. The first-order valence-corrected chi connectivity index (χ1v) is 15.6. The fourth-order valence-electron chi connectivity index (χ4n) is 4.93. The number of aromatic nitrogens is 3. The van der Waals surface area contributed by atoms with Gasteiger partial charge in [-0.3, -0.25) is 4.79 Å². The normalized spacial score (nSPS) is 11.2. The lowest BCUT2D eigenvalue weighted by atomic mass is 10.1. The second-order valence-electron chi connectivity index (χ2n) is 10.3. The first-order valence-electron chi connectivity index (χ1n) is 14.6. The molecule has 47 heavy (non-hydrogen) atoms. The van der Waals surface area contributed by atoms with Gasteiger partial charge in [0.2, 0.25) is 16.7 Å². The van der Waals surface area contributed by atoms with E-state index in [1.165, 1.54) is 53.4 Å². The second kappa shape index (κ2) is 14.9. The molecule has 246 valence electrons. The molecule has 5 aromatic rings. The van der Waals surface area contributed by atoms with E-state index in [2.05, 4.69) is 21.4 Å². The Kier molecular flexibility index (Phi) is 10.6. The van der Waals surface area contributed by atoms with Crippen LogP contribution in [0.2, 0.25) is 0 Å². The highest BCUT2D eigenvalue weighted by Gasteiger charge is 2.23. The van der Waals surface area contributed by atoms with E-state index < -0.39 is 0 Å². The molecule has 0 aliphatic heterocycles. The van der Waals surface area contributed by atoms with Crippen LogP contribution in [0, 0.1) is 13.8 Å². The summed E-state index contributed by atoms with van der Waals surface area (Å²) in [6.45, 7) is 4.22. The molecule has 5 rings (SSSR count). The van der Waals surface area contributed by atoms with E-state index in [0.717, 1.165) is 11.1 Å². The molecule has 0 atom stereocenters. The maximum atomic E-state index is 13.5. The molecule has 3 aromatic carbocycles. The van der Waals surface area contributed by atoms with E-state index in [9.17, 15) is 4.79 Å². The van der Waals surface area contributed by atoms with Gasteiger partial charge < -0.3 is 32.8 Å². The van der Waals surface area contributed by atoms with Crippen molar-refractivity contribution in [1.82, 2.24) is 14.9 Å². The minimum absolute atomic E-state index is 0.220. The van der Waals surface area contributed by atoms with Crippen LogP contribution in [0.1, 0.15) is 23.4 Å². The van der Waals surface area contributed by atoms with Crippen LogP contribution in [0.15, 0.2) is 68.0 Å². The monoisotopic (exact) mass is 660 g/mol. The lowest BCUT2D eigenvalue weighted by Crippen LogP contribution is -2.07. The summed E-state index contributed by atoms with van der Waals surface area (Å²) in [5, 5.41) is 13.9. The van der Waals surface area contributed by atoms with Crippen LogP contribution in [0.25, 0.3) is 22.3 Å². The summed E-state index contributed by atoms with van der Waals surface area (Å²) in [5.41, 5.74) is 2.65. The molecule has 13 heteroatoms. The summed E-state index contributed by atoms with van der Waals surface area (Å²) in [7, 11) is 7.53. The number of rotatable bonds is 14. The molecule has 2 heterocycles. The van der Waals surface area contributed by atoms with Gasteiger partial charge >= 0.3 is 0 Å². The lowest BCUT2D eigenvalue weighted by Gasteiger charge is -2.17. The van der Waals surface area contributed by atoms with E-state index in [1.54, 1.807) is 29.1 Å². The third-order valence-corrected chi connectivity index (χ3v) is 8.17. The van der Waals surface area contributed by atoms with Crippen molar-refractivity contribution in [2.45, 2.75) is 25.4 Å². The zero-order valence-corrected chi connectivity index (χ0v) is 28.1. The van der Waals surface area contributed by atoms with Crippen LogP contribution in [0.4, 0.5) is 0 Å². The number of hydrogen-bond donors (Lipinski definition) is 0. The molecule has 0 bridgehead atoms. The zero-order chi connectivity index (χ0) is 33.5. The lowest BCUT2D eigenvalue weighted by molar-refractivity contribution is 0.277. The summed E-state index contributed by atoms with van der Waals surface area (Å²) in [6.07, 6.45) is 2.44. The molecule has 2 aromatic heterocycles. The minimum atomic E-state index is -0.323. The van der Waals surface area contributed by atoms with Gasteiger partial charge in [-0.2, -0.15) is 9.78 Å². The van der Waals surface area contributed by atoms with Gasteiger partial charge in [-0.25, -0.2) is 0 Å². The summed E-state index contributed by atoms with van der Waals surface area (Å²) >= 11 is 1.52. The number of methoxy groups -OCH3 is 5. The highest BCUT2D eigenvalue weighted by molar-refractivity contribution is 7.99. The SMILES string of the molecule is COc1cc(-c2cc(=O)c3c(OC)c(OCCCSc4nnc(C)n4N=Cc4cccc(C)c4)c(OC)cc3o2)cc(OC)c1OC. The number of hydrogen-bond acceptors (Lipinski definition) is 12. The van der Waals surface area contributed by atoms with Gasteiger partial charge in [0.15, 0.2) is 34.3 Å². The van der Waals surface area contributed by atoms with Crippen molar-refractivity contribution in [1.29, 1.82) is 0 Å². The molecule has 0 amide bonds. The topological polar surface area (TPSA) is 129 Å². The van der Waals surface area contributed by atoms with E-state index >= 15 is 0 Å². The number of ether oxygens (including phenoxy) is 6. The molecular formula is C34H36N4O8S. The fraction of sp³-hybridized carbons (Fsp3) is 0.294. The van der Waals surface area contributed by atoms with Gasteiger partial charge in [-0.1, -0.05) is 41.6 Å². The predicted octanol–water partition coefficient (Wildman–Crippen LogP) is 6.15. The van der Waals surface area contributed by atoms with E-state index in [0.29, 0.717) is 69.8 Å². The van der Waals surface area contributed by atoms with E-state index in [-0.39, 0.29) is 22.1 Å². The highest BCUT2D eigenvalue weighted by Crippen LogP contribution is 2.45. The van der Waals surface area contributed by atoms with Crippen molar-refractivity contribution in [3.63, 3.8) is 0 Å². The number of nitrogens with zero attached hydrogens (tertiary/aromatic N) is 4. The second-order valence-corrected chi connectivity index (χ2v) is 11.3. The molecule has 0 aliphatic rings. The Labute approximate surface area is 276 Å². The molecule has 0 unspecified atom stereocenters. The Bertz CT molecular complexity index is 1950. The Morgan fingerprint density at radius 2 is 1.55 bits per heavy atom. The van der Waals surface area contributed by atoms with Gasteiger partial charge in [-0.05, 0) is 38.0 Å². The van der Waals surface area contributed by atoms with Crippen LogP contribution in [-0.2, 0) is 0 Å². The van der Waals surface area contributed by atoms with E-state index in [4.69, 9.17) is 32.8 Å². The first-order chi connectivity index (χ1) is 22.8. The fourth-order valence-corrected chi connectivity index (χ4v) is 5.77. The van der Waals surface area contributed by atoms with Crippen molar-refractivity contribution in [2.24, 2.45) is 5.10 Å². The Morgan fingerprint density at radius 1 is 0.851 bits per heavy atom. The van der Waals surface area contributed by atoms with Crippen LogP contribution < -0.4 is 33.8 Å². The molecular weight excluding hydrogens is 624 g/mol. The molecule has 0 fully saturated rings. The largest absolute Gasteiger partial charge is 0.493 e. The number of thioether (sulfide) groups is 1. The summed E-state index contributed by atoms with van der Waals surface area (Å²) < 4.78 is 41.7. The van der Waals surface area contributed by atoms with Crippen molar-refractivity contribution in [3.05, 3.63) is 75.7 Å². The predicted molar refractivity (Wildman–Crippen MR) is 180 cm³/mol. The molecule has 0 aliphatic carbocycles. The number of aryl methyl sites for hydroxylation is 2. The standard InChI is InChI=1S/C34H36N4O8S/c1-20-10-8-11-22(14-20)19-35-38-21(2)36-37-34(38)47-13-9-12-45-32-29(42-5)18-26-30(33(32)44-7)24(39)17-25(46-26)23-15-27(40-3)31(43-6)28(16-23)41-4/h8,10-11,14-19H,9,12-13H2,1-7H3. The molecule has 0 saturated carbocycles. The smallest absolute Gasteiger partial charge is 0.212 e. The van der Waals surface area contributed by atoms with Gasteiger partial charge in [0.05, 0.1) is 48.4 Å². The molecule has 0 spiro atoms. The Balaban J connectivity index is 1.34. The highest BCUT2D eigenvalue weighted by atomic mass is 32.2. The Morgan fingerprint density at radius 3 is 2.21 bits per heavy atom. The van der Waals surface area contributed by atoms with Crippen molar-refractivity contribution in [3.8, 4) is 45.8 Å². The maximum absolute atomic E-state index is 13.5. The van der Waals surface area contributed by atoms with Crippen LogP contribution in [-0.4, -0.2) is 69.0 Å². The van der Waals surface area contributed by atoms with Gasteiger partial charge in [-0.15, -0.1) is 10.2 Å². The maximum Gasteiger partial charge on any atom is 0.212 e. The number of benzene rings is 3. The van der Waals surface area contributed by atoms with Crippen molar-refractivity contribution < 1.29 is 32.8 Å². The molecule has 0 radical (unpaired) electrons. The average Bonchev–Trinajstić information content (AvgIpc) is 3.44. The summed E-state index contributed by atoms with van der Waals surface area (Å²) in [6, 6.07) is 14.5. The third-order valence-electron chi connectivity index (χ3n) is 7.17. The van der Waals surface area contributed by atoms with Crippen LogP contribution >= 0.6 is 11.8 Å². The van der Waals surface area contributed by atoms with Crippen molar-refractivity contribution >= 4 is 28.9 Å². The Hall–Kier alpha value is -5.17. The first kappa shape index (κ1) is 33.2. The summed E-state index contributed by atoms with van der Waals surface area (Å²) in [4.78, 5) is 13.5. The van der Waals surface area contributed by atoms with Crippen LogP contribution in [0.5, 0.6) is 34.5 Å². The summed E-state index contributed by atoms with van der Waals surface area (Å²) in [5.74, 6) is 3.81. The zero-order valence-electron chi connectivity index (χ0n) is 27.3. The van der Waals surface area contributed by atoms with Gasteiger partial charge in [0, 0.05) is 23.4 Å². The van der Waals surface area contributed by atoms with Gasteiger partial charge in [0.1, 0.15) is 16.7 Å². The van der Waals surface area contributed by atoms with Crippen LogP contribution in [0.3, 0.4) is 0 Å². The van der Waals surface area contributed by atoms with E-state index in [1.807, 2.05) is 32.0 Å². The van der Waals surface area contributed by atoms with Gasteiger partial charge in [0.25, 0.3) is 0 Å². The quantitative estimate of drug-likeness (QED) is 0.0772. The molecule has 0 saturated heterocycles. The third kappa shape index (κ3) is 7.14. The number of fused-ring (bicyclic) bond motifs is 1. The molecule has 0 N–H and O–H groups in total. The average molecular weight is 661 g/mol. The van der Waals surface area contributed by atoms with Crippen molar-refractivity contribution in [2.75, 3.05) is 47.9 Å². The minimum Gasteiger partial charge on any atom is -0.493 e.